The first-order chi connectivity index (χ1) is 9.22. The molecule has 0 aliphatic carbocycles. The molecule has 0 saturated heterocycles. The van der Waals surface area contributed by atoms with Crippen molar-refractivity contribution in [3.63, 3.8) is 0 Å². The van der Waals surface area contributed by atoms with Crippen molar-refractivity contribution < 1.29 is 14.6 Å². The quantitative estimate of drug-likeness (QED) is 0.634. The molecule has 0 heterocycles. The number of rotatable bonds is 10. The Morgan fingerprint density at radius 1 is 1.26 bits per heavy atom. The van der Waals surface area contributed by atoms with Gasteiger partial charge in [-0.1, -0.05) is 17.7 Å². The van der Waals surface area contributed by atoms with Gasteiger partial charge >= 0.3 is 0 Å². The van der Waals surface area contributed by atoms with Crippen LogP contribution in [0.5, 0.6) is 5.75 Å². The fourth-order valence-corrected chi connectivity index (χ4v) is 1.60. The van der Waals surface area contributed by atoms with Crippen molar-refractivity contribution in [1.82, 2.24) is 5.32 Å². The lowest BCUT2D eigenvalue weighted by Gasteiger charge is -2.13. The molecule has 0 fully saturated rings. The highest BCUT2D eigenvalue weighted by molar-refractivity contribution is 5.26. The normalized spacial score (nSPS) is 12.4. The van der Waals surface area contributed by atoms with Gasteiger partial charge in [0.15, 0.2) is 0 Å². The second-order valence-corrected chi connectivity index (χ2v) is 4.53. The summed E-state index contributed by atoms with van der Waals surface area (Å²) in [5.74, 6) is 0.793. The van der Waals surface area contributed by atoms with Gasteiger partial charge in [0.25, 0.3) is 0 Å². The Morgan fingerprint density at radius 2 is 2.00 bits per heavy atom. The lowest BCUT2D eigenvalue weighted by atomic mass is 10.2. The van der Waals surface area contributed by atoms with E-state index in [1.54, 1.807) is 0 Å². The molecule has 0 aliphatic rings. The summed E-state index contributed by atoms with van der Waals surface area (Å²) in [6.45, 7) is 7.23. The molecule has 0 spiro atoms. The molecule has 2 N–H and O–H groups in total. The van der Waals surface area contributed by atoms with Gasteiger partial charge in [-0.25, -0.2) is 0 Å². The maximum Gasteiger partial charge on any atom is 0.119 e. The molecule has 1 aromatic rings. The molecule has 19 heavy (non-hydrogen) atoms. The average Bonchev–Trinajstić information content (AvgIpc) is 2.42. The predicted octanol–water partition coefficient (Wildman–Crippen LogP) is 1.75. The van der Waals surface area contributed by atoms with Crippen LogP contribution >= 0.6 is 0 Å². The van der Waals surface area contributed by atoms with E-state index in [-0.39, 0.29) is 0 Å². The Hall–Kier alpha value is -1.10. The minimum absolute atomic E-state index is 0.307. The van der Waals surface area contributed by atoms with Crippen molar-refractivity contribution in [3.8, 4) is 5.75 Å². The summed E-state index contributed by atoms with van der Waals surface area (Å²) in [7, 11) is 0. The van der Waals surface area contributed by atoms with E-state index in [1.165, 1.54) is 5.56 Å². The zero-order chi connectivity index (χ0) is 13.9. The predicted molar refractivity (Wildman–Crippen MR) is 76.7 cm³/mol. The van der Waals surface area contributed by atoms with Gasteiger partial charge in [0.05, 0.1) is 0 Å². The smallest absolute Gasteiger partial charge is 0.119 e. The van der Waals surface area contributed by atoms with Gasteiger partial charge in [-0.15, -0.1) is 0 Å². The van der Waals surface area contributed by atoms with Crippen LogP contribution in [0.25, 0.3) is 0 Å². The zero-order valence-corrected chi connectivity index (χ0v) is 11.9. The Kier molecular flexibility index (Phi) is 8.21. The van der Waals surface area contributed by atoms with Gasteiger partial charge in [-0.05, 0) is 38.9 Å². The molecule has 0 aromatic heterocycles. The third-order valence-electron chi connectivity index (χ3n) is 2.69. The van der Waals surface area contributed by atoms with Crippen molar-refractivity contribution in [2.24, 2.45) is 0 Å². The van der Waals surface area contributed by atoms with Gasteiger partial charge in [-0.2, -0.15) is 0 Å². The Bertz CT molecular complexity index is 327. The molecule has 1 aromatic carbocycles. The minimum atomic E-state index is -0.492. The third-order valence-corrected chi connectivity index (χ3v) is 2.69. The molecule has 4 heteroatoms. The highest BCUT2D eigenvalue weighted by Crippen LogP contribution is 2.11. The van der Waals surface area contributed by atoms with Crippen LogP contribution in [0.2, 0.25) is 0 Å². The first-order valence-corrected chi connectivity index (χ1v) is 6.88. The highest BCUT2D eigenvalue weighted by atomic mass is 16.5. The summed E-state index contributed by atoms with van der Waals surface area (Å²) < 4.78 is 10.7. The van der Waals surface area contributed by atoms with E-state index in [2.05, 4.69) is 5.32 Å². The van der Waals surface area contributed by atoms with Crippen LogP contribution in [0, 0.1) is 6.92 Å². The molecule has 108 valence electrons. The standard InChI is InChI=1S/C15H25NO3/c1-3-18-10-4-9-16-11-14(17)12-19-15-7-5-13(2)6-8-15/h5-8,14,16-17H,3-4,9-12H2,1-2H3. The molecular formula is C15H25NO3. The average molecular weight is 267 g/mol. The molecule has 0 bridgehead atoms. The number of benzene rings is 1. The third kappa shape index (κ3) is 7.82. The Morgan fingerprint density at radius 3 is 2.68 bits per heavy atom. The molecular weight excluding hydrogens is 242 g/mol. The fraction of sp³-hybridized carbons (Fsp3) is 0.600. The first kappa shape index (κ1) is 16.0. The van der Waals surface area contributed by atoms with E-state index in [0.717, 1.165) is 31.9 Å². The first-order valence-electron chi connectivity index (χ1n) is 6.88. The molecule has 4 nitrogen and oxygen atoms in total. The lowest BCUT2D eigenvalue weighted by Crippen LogP contribution is -2.32. The Balaban J connectivity index is 2.04. The second-order valence-electron chi connectivity index (χ2n) is 4.53. The van der Waals surface area contributed by atoms with Gasteiger partial charge in [0, 0.05) is 19.8 Å². The van der Waals surface area contributed by atoms with E-state index < -0.39 is 6.10 Å². The molecule has 0 saturated carbocycles. The van der Waals surface area contributed by atoms with Gasteiger partial charge in [0.1, 0.15) is 18.5 Å². The fourth-order valence-electron chi connectivity index (χ4n) is 1.60. The topological polar surface area (TPSA) is 50.7 Å². The van der Waals surface area contributed by atoms with Crippen molar-refractivity contribution >= 4 is 0 Å². The molecule has 1 unspecified atom stereocenters. The lowest BCUT2D eigenvalue weighted by molar-refractivity contribution is 0.104. The summed E-state index contributed by atoms with van der Waals surface area (Å²) in [6.07, 6.45) is 0.465. The van der Waals surface area contributed by atoms with Crippen molar-refractivity contribution in [1.29, 1.82) is 0 Å². The number of ether oxygens (including phenoxy) is 2. The maximum absolute atomic E-state index is 9.75. The van der Waals surface area contributed by atoms with E-state index in [4.69, 9.17) is 9.47 Å². The number of hydrogen-bond acceptors (Lipinski definition) is 4. The zero-order valence-electron chi connectivity index (χ0n) is 11.9. The van der Waals surface area contributed by atoms with Gasteiger partial charge in [0.2, 0.25) is 0 Å². The van der Waals surface area contributed by atoms with Gasteiger partial charge < -0.3 is 19.9 Å². The number of aliphatic hydroxyl groups excluding tert-OH is 1. The molecule has 0 aliphatic heterocycles. The monoisotopic (exact) mass is 267 g/mol. The van der Waals surface area contributed by atoms with E-state index in [9.17, 15) is 5.11 Å². The number of aliphatic hydroxyl groups is 1. The van der Waals surface area contributed by atoms with E-state index in [1.807, 2.05) is 38.1 Å². The summed E-state index contributed by atoms with van der Waals surface area (Å²) >= 11 is 0. The van der Waals surface area contributed by atoms with Crippen molar-refractivity contribution in [3.05, 3.63) is 29.8 Å². The van der Waals surface area contributed by atoms with Crippen LogP contribution < -0.4 is 10.1 Å². The summed E-state index contributed by atoms with van der Waals surface area (Å²) in [4.78, 5) is 0. The minimum Gasteiger partial charge on any atom is -0.491 e. The van der Waals surface area contributed by atoms with Crippen LogP contribution in [0.1, 0.15) is 18.9 Å². The molecule has 0 radical (unpaired) electrons. The van der Waals surface area contributed by atoms with E-state index in [0.29, 0.717) is 13.2 Å². The van der Waals surface area contributed by atoms with Crippen LogP contribution in [-0.2, 0) is 4.74 Å². The van der Waals surface area contributed by atoms with Crippen LogP contribution in [0.15, 0.2) is 24.3 Å². The SMILES string of the molecule is CCOCCCNCC(O)COc1ccc(C)cc1. The number of hydrogen-bond donors (Lipinski definition) is 2. The number of nitrogens with one attached hydrogen (secondary N) is 1. The second kappa shape index (κ2) is 9.78. The summed E-state index contributed by atoms with van der Waals surface area (Å²) in [5, 5.41) is 12.9. The van der Waals surface area contributed by atoms with Crippen LogP contribution in [0.4, 0.5) is 0 Å². The van der Waals surface area contributed by atoms with Crippen LogP contribution in [0.3, 0.4) is 0 Å². The largest absolute Gasteiger partial charge is 0.491 e. The number of aryl methyl sites for hydroxylation is 1. The maximum atomic E-state index is 9.75. The highest BCUT2D eigenvalue weighted by Gasteiger charge is 2.04. The van der Waals surface area contributed by atoms with Crippen LogP contribution in [-0.4, -0.2) is 44.1 Å². The summed E-state index contributed by atoms with van der Waals surface area (Å²) in [6, 6.07) is 7.82. The van der Waals surface area contributed by atoms with Crippen molar-refractivity contribution in [2.75, 3.05) is 32.9 Å². The molecule has 1 rings (SSSR count). The molecule has 1 atom stereocenters. The van der Waals surface area contributed by atoms with Crippen molar-refractivity contribution in [2.45, 2.75) is 26.4 Å². The van der Waals surface area contributed by atoms with E-state index >= 15 is 0 Å². The molecule has 0 amide bonds. The van der Waals surface area contributed by atoms with Gasteiger partial charge in [-0.3, -0.25) is 0 Å². The summed E-state index contributed by atoms with van der Waals surface area (Å²) in [5.41, 5.74) is 1.20. The Labute approximate surface area is 115 Å².